The largest absolute Gasteiger partial charge is 0.388 e. The number of aliphatic hydroxyl groups excluding tert-OH is 1. The van der Waals surface area contributed by atoms with Gasteiger partial charge in [0.15, 0.2) is 0 Å². The second-order valence-corrected chi connectivity index (χ2v) is 6.07. The highest BCUT2D eigenvalue weighted by Gasteiger charge is 2.44. The molecule has 2 N–H and O–H groups in total. The van der Waals surface area contributed by atoms with Crippen LogP contribution in [0.5, 0.6) is 0 Å². The summed E-state index contributed by atoms with van der Waals surface area (Å²) in [4.78, 5) is 0. The number of benzene rings is 2. The molecule has 2 rings (SSSR count). The second kappa shape index (κ2) is 6.61. The minimum Gasteiger partial charge on any atom is -0.388 e. The van der Waals surface area contributed by atoms with Gasteiger partial charge in [0, 0.05) is 0 Å². The lowest BCUT2D eigenvalue weighted by atomic mass is 9.77. The van der Waals surface area contributed by atoms with Gasteiger partial charge in [-0.25, -0.2) is 0 Å². The van der Waals surface area contributed by atoms with E-state index in [1.807, 2.05) is 74.5 Å². The minimum absolute atomic E-state index is 0.181. The van der Waals surface area contributed by atoms with Crippen molar-refractivity contribution in [3.05, 3.63) is 71.8 Å². The number of hydrogen-bond acceptors (Lipinski definition) is 2. The van der Waals surface area contributed by atoms with Crippen molar-refractivity contribution in [3.8, 4) is 0 Å². The van der Waals surface area contributed by atoms with Crippen LogP contribution < -0.4 is 0 Å². The normalized spacial score (nSPS) is 17.2. The predicted molar refractivity (Wildman–Crippen MR) is 86.2 cm³/mol. The predicted octanol–water partition coefficient (Wildman–Crippen LogP) is 3.87. The summed E-state index contributed by atoms with van der Waals surface area (Å²) in [6, 6.07) is 18.6. The van der Waals surface area contributed by atoms with Gasteiger partial charge in [-0.15, -0.1) is 11.6 Å². The van der Waals surface area contributed by atoms with Crippen LogP contribution in [0.15, 0.2) is 60.7 Å². The highest BCUT2D eigenvalue weighted by molar-refractivity contribution is 6.21. The van der Waals surface area contributed by atoms with Crippen molar-refractivity contribution in [2.75, 3.05) is 0 Å². The molecule has 2 aromatic carbocycles. The molecule has 0 aliphatic heterocycles. The number of halogens is 1. The van der Waals surface area contributed by atoms with Crippen LogP contribution in [-0.4, -0.2) is 16.3 Å². The van der Waals surface area contributed by atoms with Crippen LogP contribution in [0, 0.1) is 5.92 Å². The van der Waals surface area contributed by atoms with Gasteiger partial charge >= 0.3 is 0 Å². The Kier molecular flexibility index (Phi) is 5.04. The van der Waals surface area contributed by atoms with Crippen molar-refractivity contribution >= 4 is 11.6 Å². The van der Waals surface area contributed by atoms with Gasteiger partial charge in [0.2, 0.25) is 0 Å². The van der Waals surface area contributed by atoms with Gasteiger partial charge in [0.25, 0.3) is 0 Å². The molecule has 21 heavy (non-hydrogen) atoms. The number of hydrogen-bond donors (Lipinski definition) is 2. The summed E-state index contributed by atoms with van der Waals surface area (Å²) in [5.74, 6) is -0.181. The number of rotatable bonds is 5. The van der Waals surface area contributed by atoms with E-state index >= 15 is 0 Å². The summed E-state index contributed by atoms with van der Waals surface area (Å²) < 4.78 is 0. The zero-order valence-corrected chi connectivity index (χ0v) is 13.0. The fraction of sp³-hybridized carbons (Fsp3) is 0.333. The topological polar surface area (TPSA) is 40.5 Å². The molecule has 0 saturated heterocycles. The Hall–Kier alpha value is -1.35. The zero-order chi connectivity index (χ0) is 15.5. The third kappa shape index (κ3) is 3.13. The monoisotopic (exact) mass is 304 g/mol. The van der Waals surface area contributed by atoms with Gasteiger partial charge in [-0.1, -0.05) is 74.5 Å². The van der Waals surface area contributed by atoms with E-state index in [2.05, 4.69) is 0 Å². The van der Waals surface area contributed by atoms with Crippen molar-refractivity contribution in [1.29, 1.82) is 0 Å². The van der Waals surface area contributed by atoms with E-state index in [4.69, 9.17) is 11.6 Å². The molecule has 0 amide bonds. The molecule has 2 nitrogen and oxygen atoms in total. The molecule has 112 valence electrons. The van der Waals surface area contributed by atoms with E-state index in [0.717, 1.165) is 5.56 Å². The Bertz CT molecular complexity index is 556. The summed E-state index contributed by atoms with van der Waals surface area (Å²) in [6.07, 6.45) is -1.11. The lowest BCUT2D eigenvalue weighted by Crippen LogP contribution is -2.46. The van der Waals surface area contributed by atoms with Crippen molar-refractivity contribution < 1.29 is 10.2 Å². The fourth-order valence-corrected chi connectivity index (χ4v) is 2.93. The van der Waals surface area contributed by atoms with Crippen LogP contribution >= 0.6 is 11.6 Å². The maximum atomic E-state index is 11.1. The molecular formula is C18H21ClO2. The van der Waals surface area contributed by atoms with Crippen LogP contribution in [0.3, 0.4) is 0 Å². The molecule has 0 heterocycles. The first-order valence-corrected chi connectivity index (χ1v) is 7.56. The van der Waals surface area contributed by atoms with Crippen LogP contribution in [0.4, 0.5) is 0 Å². The summed E-state index contributed by atoms with van der Waals surface area (Å²) in [6.45, 7) is 3.76. The Morgan fingerprint density at radius 1 is 0.905 bits per heavy atom. The summed E-state index contributed by atoms with van der Waals surface area (Å²) in [5.41, 5.74) is 0.0690. The maximum absolute atomic E-state index is 11.1. The van der Waals surface area contributed by atoms with Gasteiger partial charge in [0.1, 0.15) is 11.7 Å². The van der Waals surface area contributed by atoms with Gasteiger partial charge in [0.05, 0.1) is 5.38 Å². The molecule has 3 atom stereocenters. The van der Waals surface area contributed by atoms with E-state index in [9.17, 15) is 10.2 Å². The third-order valence-electron chi connectivity index (χ3n) is 3.96. The molecule has 2 aromatic rings. The first-order chi connectivity index (χ1) is 9.98. The molecule has 0 fully saturated rings. The van der Waals surface area contributed by atoms with Crippen molar-refractivity contribution in [1.82, 2.24) is 0 Å². The van der Waals surface area contributed by atoms with Crippen molar-refractivity contribution in [2.45, 2.75) is 30.9 Å². The van der Waals surface area contributed by atoms with Crippen LogP contribution in [0.2, 0.25) is 0 Å². The Balaban J connectivity index is 2.39. The highest BCUT2D eigenvalue weighted by Crippen LogP contribution is 2.40. The average molecular weight is 305 g/mol. The van der Waals surface area contributed by atoms with E-state index in [0.29, 0.717) is 5.56 Å². The summed E-state index contributed by atoms with van der Waals surface area (Å²) in [7, 11) is 0. The molecule has 0 aliphatic carbocycles. The first kappa shape index (κ1) is 16.0. The lowest BCUT2D eigenvalue weighted by Gasteiger charge is -2.39. The minimum atomic E-state index is -1.40. The molecule has 0 saturated carbocycles. The molecule has 0 unspecified atom stereocenters. The van der Waals surface area contributed by atoms with Gasteiger partial charge in [-0.2, -0.15) is 0 Å². The molecule has 0 radical (unpaired) electrons. The first-order valence-electron chi connectivity index (χ1n) is 7.13. The summed E-state index contributed by atoms with van der Waals surface area (Å²) >= 11 is 6.43. The van der Waals surface area contributed by atoms with E-state index in [-0.39, 0.29) is 5.92 Å². The van der Waals surface area contributed by atoms with E-state index in [1.54, 1.807) is 0 Å². The smallest absolute Gasteiger partial charge is 0.119 e. The Labute approximate surface area is 131 Å². The van der Waals surface area contributed by atoms with Crippen molar-refractivity contribution in [2.24, 2.45) is 5.92 Å². The number of alkyl halides is 1. The summed E-state index contributed by atoms with van der Waals surface area (Å²) in [5, 5.41) is 21.2. The zero-order valence-electron chi connectivity index (χ0n) is 12.3. The Morgan fingerprint density at radius 2 is 1.38 bits per heavy atom. The standard InChI is InChI=1S/C18H21ClO2/c1-13(2)18(21,15-11-7-4-8-12-15)17(20)16(19)14-9-5-3-6-10-14/h3-13,16-17,20-21H,1-2H3/t16-,17-,18-/m1/s1. The molecule has 0 spiro atoms. The molecular weight excluding hydrogens is 284 g/mol. The van der Waals surface area contributed by atoms with Gasteiger partial charge in [-0.3, -0.25) is 0 Å². The lowest BCUT2D eigenvalue weighted by molar-refractivity contribution is -0.113. The van der Waals surface area contributed by atoms with Crippen LogP contribution in [0.25, 0.3) is 0 Å². The Morgan fingerprint density at radius 3 is 1.86 bits per heavy atom. The van der Waals surface area contributed by atoms with E-state index in [1.165, 1.54) is 0 Å². The molecule has 0 aliphatic rings. The molecule has 0 aromatic heterocycles. The third-order valence-corrected chi connectivity index (χ3v) is 4.45. The molecule has 0 bridgehead atoms. The van der Waals surface area contributed by atoms with Gasteiger partial charge < -0.3 is 10.2 Å². The maximum Gasteiger partial charge on any atom is 0.119 e. The molecule has 3 heteroatoms. The quantitative estimate of drug-likeness (QED) is 0.823. The van der Waals surface area contributed by atoms with Crippen molar-refractivity contribution in [3.63, 3.8) is 0 Å². The highest BCUT2D eigenvalue weighted by atomic mass is 35.5. The second-order valence-electron chi connectivity index (χ2n) is 5.60. The number of aliphatic hydroxyl groups is 2. The van der Waals surface area contributed by atoms with Crippen LogP contribution in [0.1, 0.15) is 30.4 Å². The van der Waals surface area contributed by atoms with Crippen LogP contribution in [-0.2, 0) is 5.60 Å². The average Bonchev–Trinajstić information content (AvgIpc) is 2.54. The van der Waals surface area contributed by atoms with E-state index < -0.39 is 17.1 Å². The fourth-order valence-electron chi connectivity index (χ4n) is 2.59. The van der Waals surface area contributed by atoms with Gasteiger partial charge in [-0.05, 0) is 17.0 Å². The SMILES string of the molecule is CC(C)[C@@](O)(c1ccccc1)[C@H](O)[C@H](Cl)c1ccccc1.